The van der Waals surface area contributed by atoms with Crippen LogP contribution in [-0.2, 0) is 9.59 Å². The smallest absolute Gasteiger partial charge is 0.324 e. The van der Waals surface area contributed by atoms with Gasteiger partial charge in [-0.1, -0.05) is 6.92 Å². The highest BCUT2D eigenvalue weighted by molar-refractivity contribution is 5.94. The molecule has 1 aliphatic rings. The third-order valence-electron chi connectivity index (χ3n) is 3.09. The van der Waals surface area contributed by atoms with Gasteiger partial charge in [0.15, 0.2) is 0 Å². The molecule has 0 aromatic rings. The summed E-state index contributed by atoms with van der Waals surface area (Å²) in [6, 6.07) is -0.223. The summed E-state index contributed by atoms with van der Waals surface area (Å²) in [5.41, 5.74) is 0. The fraction of sp³-hybridized carbons (Fsp3) is 0.750. The first-order valence-corrected chi connectivity index (χ1v) is 6.22. The number of carboxylic acid groups (broad SMARTS) is 1. The molecule has 6 nitrogen and oxygen atoms in total. The number of urea groups is 1. The standard InChI is InChI=1S/C12H20N2O4/c1-8-6-9(2)14(7-8)12(18)13-10(15)4-3-5-11(16)17/h8-9H,3-7H2,1-2H3,(H,16,17)(H,13,15,18). The van der Waals surface area contributed by atoms with Gasteiger partial charge in [0.1, 0.15) is 0 Å². The lowest BCUT2D eigenvalue weighted by molar-refractivity contribution is -0.137. The van der Waals surface area contributed by atoms with E-state index >= 15 is 0 Å². The van der Waals surface area contributed by atoms with Gasteiger partial charge in [-0.05, 0) is 25.7 Å². The van der Waals surface area contributed by atoms with Crippen LogP contribution < -0.4 is 5.32 Å². The number of imide groups is 1. The third-order valence-corrected chi connectivity index (χ3v) is 3.09. The topological polar surface area (TPSA) is 86.7 Å². The molecule has 0 aromatic carbocycles. The number of carbonyl (C=O) groups excluding carboxylic acids is 2. The Morgan fingerprint density at radius 3 is 2.44 bits per heavy atom. The Morgan fingerprint density at radius 2 is 1.94 bits per heavy atom. The van der Waals surface area contributed by atoms with E-state index in [1.165, 1.54) is 0 Å². The number of nitrogens with one attached hydrogen (secondary N) is 1. The van der Waals surface area contributed by atoms with Gasteiger partial charge in [-0.3, -0.25) is 14.9 Å². The van der Waals surface area contributed by atoms with E-state index in [1.54, 1.807) is 4.90 Å². The second-order valence-corrected chi connectivity index (χ2v) is 4.94. The second-order valence-electron chi connectivity index (χ2n) is 4.94. The van der Waals surface area contributed by atoms with Crippen molar-refractivity contribution in [2.45, 2.75) is 45.6 Å². The molecule has 0 bridgehead atoms. The number of rotatable bonds is 4. The Kier molecular flexibility index (Phi) is 5.12. The molecule has 0 spiro atoms. The lowest BCUT2D eigenvalue weighted by Gasteiger charge is -2.21. The molecule has 0 saturated carbocycles. The first-order valence-electron chi connectivity index (χ1n) is 6.22. The Balaban J connectivity index is 2.31. The number of carbonyl (C=O) groups is 3. The van der Waals surface area contributed by atoms with E-state index in [4.69, 9.17) is 5.11 Å². The molecule has 0 radical (unpaired) electrons. The van der Waals surface area contributed by atoms with Crippen molar-refractivity contribution >= 4 is 17.9 Å². The van der Waals surface area contributed by atoms with Crippen LogP contribution in [-0.4, -0.2) is 40.5 Å². The summed E-state index contributed by atoms with van der Waals surface area (Å²) in [6.07, 6.45) is 1.20. The Morgan fingerprint density at radius 1 is 1.28 bits per heavy atom. The van der Waals surface area contributed by atoms with Crippen LogP contribution in [0.2, 0.25) is 0 Å². The predicted molar refractivity (Wildman–Crippen MR) is 65.0 cm³/mol. The highest BCUT2D eigenvalue weighted by Gasteiger charge is 2.30. The zero-order valence-electron chi connectivity index (χ0n) is 10.8. The van der Waals surface area contributed by atoms with Gasteiger partial charge in [0, 0.05) is 25.4 Å². The largest absolute Gasteiger partial charge is 0.481 e. The summed E-state index contributed by atoms with van der Waals surface area (Å²) in [7, 11) is 0. The average molecular weight is 256 g/mol. The summed E-state index contributed by atoms with van der Waals surface area (Å²) < 4.78 is 0. The Labute approximate surface area is 106 Å². The number of aliphatic carboxylic acids is 1. The van der Waals surface area contributed by atoms with Crippen LogP contribution in [0.25, 0.3) is 0 Å². The molecule has 2 N–H and O–H groups in total. The molecule has 1 saturated heterocycles. The second kappa shape index (κ2) is 6.37. The van der Waals surface area contributed by atoms with Gasteiger partial charge >= 0.3 is 12.0 Å². The van der Waals surface area contributed by atoms with Crippen molar-refractivity contribution in [3.05, 3.63) is 0 Å². The maximum atomic E-state index is 11.8. The van der Waals surface area contributed by atoms with Crippen LogP contribution in [0.15, 0.2) is 0 Å². The number of nitrogens with zero attached hydrogens (tertiary/aromatic N) is 1. The SMILES string of the molecule is CC1CC(C)N(C(=O)NC(=O)CCCC(=O)O)C1. The number of hydrogen-bond acceptors (Lipinski definition) is 3. The van der Waals surface area contributed by atoms with E-state index in [2.05, 4.69) is 12.2 Å². The molecular weight excluding hydrogens is 236 g/mol. The summed E-state index contributed by atoms with van der Waals surface area (Å²) in [5.74, 6) is -0.892. The first-order chi connectivity index (χ1) is 8.40. The molecule has 2 atom stereocenters. The van der Waals surface area contributed by atoms with Crippen molar-refractivity contribution in [1.82, 2.24) is 10.2 Å². The summed E-state index contributed by atoms with van der Waals surface area (Å²) >= 11 is 0. The molecule has 18 heavy (non-hydrogen) atoms. The van der Waals surface area contributed by atoms with E-state index < -0.39 is 11.9 Å². The minimum Gasteiger partial charge on any atom is -0.481 e. The normalized spacial score (nSPS) is 22.9. The molecule has 6 heteroatoms. The Bertz CT molecular complexity index is 343. The fourth-order valence-corrected chi connectivity index (χ4v) is 2.24. The molecule has 1 heterocycles. The molecule has 1 aliphatic heterocycles. The third kappa shape index (κ3) is 4.35. The number of amides is 3. The van der Waals surface area contributed by atoms with Crippen molar-refractivity contribution < 1.29 is 19.5 Å². The van der Waals surface area contributed by atoms with Crippen molar-refractivity contribution in [1.29, 1.82) is 0 Å². The number of likely N-dealkylation sites (tertiary alicyclic amines) is 1. The maximum Gasteiger partial charge on any atom is 0.324 e. The molecule has 1 rings (SSSR count). The molecule has 2 unspecified atom stereocenters. The van der Waals surface area contributed by atoms with E-state index in [1.807, 2.05) is 6.92 Å². The average Bonchev–Trinajstić information content (AvgIpc) is 2.57. The molecule has 0 aliphatic carbocycles. The van der Waals surface area contributed by atoms with Gasteiger partial charge < -0.3 is 10.0 Å². The highest BCUT2D eigenvalue weighted by atomic mass is 16.4. The van der Waals surface area contributed by atoms with Gasteiger partial charge in [0.25, 0.3) is 0 Å². The van der Waals surface area contributed by atoms with Crippen molar-refractivity contribution in [2.75, 3.05) is 6.54 Å². The van der Waals surface area contributed by atoms with Crippen LogP contribution in [0, 0.1) is 5.92 Å². The van der Waals surface area contributed by atoms with Crippen molar-refractivity contribution in [2.24, 2.45) is 5.92 Å². The van der Waals surface area contributed by atoms with E-state index in [-0.39, 0.29) is 31.3 Å². The van der Waals surface area contributed by atoms with Crippen LogP contribution in [0.3, 0.4) is 0 Å². The zero-order valence-corrected chi connectivity index (χ0v) is 10.8. The molecule has 102 valence electrons. The summed E-state index contributed by atoms with van der Waals surface area (Å²) in [6.45, 7) is 4.69. The first kappa shape index (κ1) is 14.5. The van der Waals surface area contributed by atoms with Gasteiger partial charge in [0.2, 0.25) is 5.91 Å². The summed E-state index contributed by atoms with van der Waals surface area (Å²) in [5, 5.41) is 10.7. The maximum absolute atomic E-state index is 11.8. The quantitative estimate of drug-likeness (QED) is 0.791. The van der Waals surface area contributed by atoms with Gasteiger partial charge in [-0.15, -0.1) is 0 Å². The molecule has 1 fully saturated rings. The Hall–Kier alpha value is -1.59. The summed E-state index contributed by atoms with van der Waals surface area (Å²) in [4.78, 5) is 35.2. The van der Waals surface area contributed by atoms with Crippen LogP contribution in [0.1, 0.15) is 39.5 Å². The van der Waals surface area contributed by atoms with E-state index in [0.29, 0.717) is 12.5 Å². The lowest BCUT2D eigenvalue weighted by atomic mass is 10.1. The zero-order chi connectivity index (χ0) is 13.7. The monoisotopic (exact) mass is 256 g/mol. The fourth-order valence-electron chi connectivity index (χ4n) is 2.24. The van der Waals surface area contributed by atoms with E-state index in [9.17, 15) is 14.4 Å². The van der Waals surface area contributed by atoms with Crippen LogP contribution >= 0.6 is 0 Å². The lowest BCUT2D eigenvalue weighted by Crippen LogP contribution is -2.44. The molecule has 0 aromatic heterocycles. The number of carboxylic acids is 1. The predicted octanol–water partition coefficient (Wildman–Crippen LogP) is 1.21. The number of hydrogen-bond donors (Lipinski definition) is 2. The van der Waals surface area contributed by atoms with Crippen molar-refractivity contribution in [3.63, 3.8) is 0 Å². The molecule has 3 amide bonds. The highest BCUT2D eigenvalue weighted by Crippen LogP contribution is 2.21. The van der Waals surface area contributed by atoms with Crippen LogP contribution in [0.4, 0.5) is 4.79 Å². The molecular formula is C12H20N2O4. The van der Waals surface area contributed by atoms with Gasteiger partial charge in [-0.2, -0.15) is 0 Å². The van der Waals surface area contributed by atoms with Crippen molar-refractivity contribution in [3.8, 4) is 0 Å². The van der Waals surface area contributed by atoms with Gasteiger partial charge in [0.05, 0.1) is 0 Å². The minimum absolute atomic E-state index is 0.0568. The van der Waals surface area contributed by atoms with Gasteiger partial charge in [-0.25, -0.2) is 4.79 Å². The van der Waals surface area contributed by atoms with E-state index in [0.717, 1.165) is 6.42 Å². The minimum atomic E-state index is -0.934. The van der Waals surface area contributed by atoms with Crippen LogP contribution in [0.5, 0.6) is 0 Å².